The Morgan fingerprint density at radius 1 is 0.818 bits per heavy atom. The highest BCUT2D eigenvalue weighted by atomic mass is 16.5. The standard InChI is InChI=1S/C26H21N3O4/c1-31-20-10-6-16(7-11-20)22-23-25(29-18-4-3-5-19(30)14-18)27-15-28-26(23)33-24(22)17-8-12-21(32-2)13-9-17/h3-15,30H,1-2H3,(H,27,28,29). The van der Waals surface area contributed by atoms with Gasteiger partial charge < -0.3 is 24.3 Å². The van der Waals surface area contributed by atoms with Gasteiger partial charge in [-0.3, -0.25) is 0 Å². The molecule has 7 heteroatoms. The van der Waals surface area contributed by atoms with Crippen molar-refractivity contribution in [2.75, 3.05) is 19.5 Å². The fraction of sp³-hybridized carbons (Fsp3) is 0.0769. The number of methoxy groups -OCH3 is 2. The van der Waals surface area contributed by atoms with Crippen LogP contribution in [0.25, 0.3) is 33.6 Å². The van der Waals surface area contributed by atoms with Crippen molar-refractivity contribution in [1.29, 1.82) is 0 Å². The first-order valence-corrected chi connectivity index (χ1v) is 10.3. The second kappa shape index (κ2) is 8.55. The van der Waals surface area contributed by atoms with E-state index in [-0.39, 0.29) is 5.75 Å². The zero-order valence-electron chi connectivity index (χ0n) is 18.1. The molecule has 0 aliphatic heterocycles. The van der Waals surface area contributed by atoms with E-state index < -0.39 is 0 Å². The molecule has 0 bridgehead atoms. The van der Waals surface area contributed by atoms with Gasteiger partial charge in [0.1, 0.15) is 35.2 Å². The molecule has 0 amide bonds. The summed E-state index contributed by atoms with van der Waals surface area (Å²) in [7, 11) is 3.27. The van der Waals surface area contributed by atoms with Gasteiger partial charge in [0.05, 0.1) is 19.6 Å². The van der Waals surface area contributed by atoms with Crippen molar-refractivity contribution < 1.29 is 19.0 Å². The molecule has 0 aliphatic carbocycles. The number of anilines is 2. The Balaban J connectivity index is 1.73. The Labute approximate surface area is 190 Å². The predicted molar refractivity (Wildman–Crippen MR) is 127 cm³/mol. The lowest BCUT2D eigenvalue weighted by molar-refractivity contribution is 0.414. The molecule has 2 aromatic heterocycles. The Hall–Kier alpha value is -4.52. The number of ether oxygens (including phenoxy) is 2. The lowest BCUT2D eigenvalue weighted by atomic mass is 9.99. The summed E-state index contributed by atoms with van der Waals surface area (Å²) < 4.78 is 16.9. The van der Waals surface area contributed by atoms with Gasteiger partial charge in [-0.15, -0.1) is 0 Å². The first-order chi connectivity index (χ1) is 16.2. The van der Waals surface area contributed by atoms with Crippen molar-refractivity contribution >= 4 is 22.6 Å². The molecule has 0 saturated heterocycles. The summed E-state index contributed by atoms with van der Waals surface area (Å²) in [5.74, 6) is 2.91. The van der Waals surface area contributed by atoms with Gasteiger partial charge in [-0.2, -0.15) is 0 Å². The van der Waals surface area contributed by atoms with Gasteiger partial charge in [0, 0.05) is 22.9 Å². The molecule has 33 heavy (non-hydrogen) atoms. The minimum Gasteiger partial charge on any atom is -0.508 e. The molecule has 5 aromatic rings. The Bertz CT molecular complexity index is 1410. The normalized spacial score (nSPS) is 10.8. The highest BCUT2D eigenvalue weighted by molar-refractivity contribution is 6.06. The number of fused-ring (bicyclic) bond motifs is 1. The zero-order chi connectivity index (χ0) is 22.8. The maximum Gasteiger partial charge on any atom is 0.232 e. The van der Waals surface area contributed by atoms with E-state index in [0.717, 1.165) is 33.6 Å². The molecular weight excluding hydrogens is 418 g/mol. The van der Waals surface area contributed by atoms with Crippen LogP contribution in [0.5, 0.6) is 17.2 Å². The summed E-state index contributed by atoms with van der Waals surface area (Å²) >= 11 is 0. The van der Waals surface area contributed by atoms with Gasteiger partial charge in [-0.25, -0.2) is 9.97 Å². The number of rotatable bonds is 6. The molecule has 0 radical (unpaired) electrons. The first kappa shape index (κ1) is 20.4. The van der Waals surface area contributed by atoms with Crippen LogP contribution in [0.15, 0.2) is 83.5 Å². The fourth-order valence-corrected chi connectivity index (χ4v) is 3.73. The lowest BCUT2D eigenvalue weighted by Gasteiger charge is -2.09. The van der Waals surface area contributed by atoms with Gasteiger partial charge in [0.15, 0.2) is 0 Å². The molecule has 7 nitrogen and oxygen atoms in total. The molecule has 164 valence electrons. The number of hydrogen-bond acceptors (Lipinski definition) is 7. The molecule has 3 aromatic carbocycles. The van der Waals surface area contributed by atoms with E-state index in [1.165, 1.54) is 6.33 Å². The SMILES string of the molecule is COc1ccc(-c2oc3ncnc(Nc4cccc(O)c4)c3c2-c2ccc(OC)cc2)cc1. The second-order valence-electron chi connectivity index (χ2n) is 7.34. The molecule has 5 rings (SSSR count). The average Bonchev–Trinajstić information content (AvgIpc) is 3.25. The number of nitrogens with zero attached hydrogens (tertiary/aromatic N) is 2. The quantitative estimate of drug-likeness (QED) is 0.334. The van der Waals surface area contributed by atoms with E-state index >= 15 is 0 Å². The van der Waals surface area contributed by atoms with Crippen molar-refractivity contribution in [3.8, 4) is 39.7 Å². The summed E-state index contributed by atoms with van der Waals surface area (Å²) in [5, 5.41) is 13.9. The van der Waals surface area contributed by atoms with Gasteiger partial charge >= 0.3 is 0 Å². The van der Waals surface area contributed by atoms with Crippen molar-refractivity contribution in [1.82, 2.24) is 9.97 Å². The largest absolute Gasteiger partial charge is 0.508 e. The van der Waals surface area contributed by atoms with E-state index in [2.05, 4.69) is 15.3 Å². The van der Waals surface area contributed by atoms with Crippen molar-refractivity contribution in [3.63, 3.8) is 0 Å². The zero-order valence-corrected chi connectivity index (χ0v) is 18.1. The number of nitrogens with one attached hydrogen (secondary N) is 1. The second-order valence-corrected chi connectivity index (χ2v) is 7.34. The van der Waals surface area contributed by atoms with E-state index in [1.807, 2.05) is 54.6 Å². The third-order valence-corrected chi connectivity index (χ3v) is 5.33. The Morgan fingerprint density at radius 3 is 2.12 bits per heavy atom. The van der Waals surface area contributed by atoms with Crippen LogP contribution in [0.4, 0.5) is 11.5 Å². The molecule has 0 aliphatic rings. The van der Waals surface area contributed by atoms with E-state index in [9.17, 15) is 5.11 Å². The van der Waals surface area contributed by atoms with Crippen LogP contribution in [-0.2, 0) is 0 Å². The maximum absolute atomic E-state index is 9.87. The summed E-state index contributed by atoms with van der Waals surface area (Å²) in [6.45, 7) is 0. The number of aromatic nitrogens is 2. The molecule has 0 fully saturated rings. The topological polar surface area (TPSA) is 89.6 Å². The van der Waals surface area contributed by atoms with Crippen LogP contribution < -0.4 is 14.8 Å². The fourth-order valence-electron chi connectivity index (χ4n) is 3.73. The number of hydrogen-bond donors (Lipinski definition) is 2. The summed E-state index contributed by atoms with van der Waals surface area (Å²) in [5.41, 5.74) is 3.80. The molecule has 0 unspecified atom stereocenters. The predicted octanol–water partition coefficient (Wildman–Crippen LogP) is 6.02. The van der Waals surface area contributed by atoms with Gasteiger partial charge in [0.25, 0.3) is 0 Å². The third-order valence-electron chi connectivity index (χ3n) is 5.33. The average molecular weight is 439 g/mol. The highest BCUT2D eigenvalue weighted by Gasteiger charge is 2.22. The van der Waals surface area contributed by atoms with Crippen molar-refractivity contribution in [2.45, 2.75) is 0 Å². The molecule has 2 heterocycles. The number of phenols is 1. The van der Waals surface area contributed by atoms with E-state index in [4.69, 9.17) is 13.9 Å². The number of phenolic OH excluding ortho intramolecular Hbond substituents is 1. The number of aromatic hydroxyl groups is 1. The first-order valence-electron chi connectivity index (χ1n) is 10.3. The molecule has 0 saturated carbocycles. The Morgan fingerprint density at radius 2 is 1.48 bits per heavy atom. The number of furan rings is 1. The maximum atomic E-state index is 9.87. The molecule has 0 atom stereocenters. The molecule has 0 spiro atoms. The monoisotopic (exact) mass is 439 g/mol. The smallest absolute Gasteiger partial charge is 0.232 e. The molecular formula is C26H21N3O4. The van der Waals surface area contributed by atoms with E-state index in [0.29, 0.717) is 23.0 Å². The highest BCUT2D eigenvalue weighted by Crippen LogP contribution is 2.43. The van der Waals surface area contributed by atoms with Crippen molar-refractivity contribution in [2.24, 2.45) is 0 Å². The third kappa shape index (κ3) is 3.92. The van der Waals surface area contributed by atoms with E-state index in [1.54, 1.807) is 32.4 Å². The van der Waals surface area contributed by atoms with Gasteiger partial charge in [-0.1, -0.05) is 18.2 Å². The van der Waals surface area contributed by atoms with Crippen LogP contribution in [0.3, 0.4) is 0 Å². The Kier molecular flexibility index (Phi) is 5.28. The molecule has 2 N–H and O–H groups in total. The van der Waals surface area contributed by atoms with Crippen LogP contribution in [0.2, 0.25) is 0 Å². The summed E-state index contributed by atoms with van der Waals surface area (Å²) in [6, 6.07) is 22.3. The van der Waals surface area contributed by atoms with Crippen LogP contribution in [0.1, 0.15) is 0 Å². The number of benzene rings is 3. The van der Waals surface area contributed by atoms with Crippen LogP contribution >= 0.6 is 0 Å². The van der Waals surface area contributed by atoms with Crippen LogP contribution in [-0.4, -0.2) is 29.3 Å². The van der Waals surface area contributed by atoms with Gasteiger partial charge in [0.2, 0.25) is 5.71 Å². The minimum atomic E-state index is 0.159. The summed E-state index contributed by atoms with van der Waals surface area (Å²) in [4.78, 5) is 8.86. The van der Waals surface area contributed by atoms with Gasteiger partial charge in [-0.05, 0) is 54.1 Å². The summed E-state index contributed by atoms with van der Waals surface area (Å²) in [6.07, 6.45) is 1.45. The van der Waals surface area contributed by atoms with Crippen LogP contribution in [0, 0.1) is 0 Å². The minimum absolute atomic E-state index is 0.159. The van der Waals surface area contributed by atoms with Crippen molar-refractivity contribution in [3.05, 3.63) is 79.1 Å². The lowest BCUT2D eigenvalue weighted by Crippen LogP contribution is -1.95.